The lowest BCUT2D eigenvalue weighted by Gasteiger charge is -2.24. The summed E-state index contributed by atoms with van der Waals surface area (Å²) in [6.45, 7) is 0. The molecule has 0 fully saturated rings. The molecule has 0 bridgehead atoms. The molecule has 0 aliphatic heterocycles. The Bertz CT molecular complexity index is 1040. The van der Waals surface area contributed by atoms with Gasteiger partial charge in [0.1, 0.15) is 0 Å². The first-order chi connectivity index (χ1) is 13.7. The molecule has 0 spiro atoms. The minimum atomic E-state index is -2.80. The summed E-state index contributed by atoms with van der Waals surface area (Å²) < 4.78 is 16.8. The Kier molecular flexibility index (Phi) is 5.29. The topological polar surface area (TPSA) is 27.7 Å². The maximum atomic E-state index is 5.59. The van der Waals surface area contributed by atoms with Crippen LogP contribution >= 0.6 is 0 Å². The Morgan fingerprint density at radius 1 is 0.643 bits per heavy atom. The van der Waals surface area contributed by atoms with Crippen molar-refractivity contribution in [1.82, 2.24) is 0 Å². The maximum Gasteiger partial charge on any atom is 0.536 e. The molecule has 142 valence electrons. The summed E-state index contributed by atoms with van der Waals surface area (Å²) in [6.07, 6.45) is 0.865. The second-order valence-electron chi connectivity index (χ2n) is 6.84. The van der Waals surface area contributed by atoms with E-state index in [-0.39, 0.29) is 0 Å². The average Bonchev–Trinajstić information content (AvgIpc) is 2.76. The van der Waals surface area contributed by atoms with Crippen LogP contribution in [0.15, 0.2) is 78.9 Å². The van der Waals surface area contributed by atoms with Crippen molar-refractivity contribution in [2.24, 2.45) is 0 Å². The SMILES string of the molecule is CO[Si](OC)(OC)c1ccc(Cc2c3ccccc3cc3ccccc23)cc1. The summed E-state index contributed by atoms with van der Waals surface area (Å²) in [5.41, 5.74) is 2.60. The van der Waals surface area contributed by atoms with Crippen LogP contribution in [-0.2, 0) is 19.7 Å². The Morgan fingerprint density at radius 2 is 1.14 bits per heavy atom. The predicted octanol–water partition coefficient (Wildman–Crippen LogP) is 4.67. The molecular weight excluding hydrogens is 364 g/mol. The molecule has 3 nitrogen and oxygen atoms in total. The maximum absolute atomic E-state index is 5.59. The van der Waals surface area contributed by atoms with Crippen molar-refractivity contribution in [3.05, 3.63) is 90.0 Å². The van der Waals surface area contributed by atoms with E-state index in [0.29, 0.717) is 0 Å². The standard InChI is InChI=1S/C24H24O3Si/c1-25-28(26-2,27-3)21-14-12-18(13-15-21)16-24-22-10-6-4-8-19(22)17-20-9-5-7-11-23(20)24/h4-15,17H,16H2,1-3H3. The van der Waals surface area contributed by atoms with Gasteiger partial charge in [-0.1, -0.05) is 72.8 Å². The zero-order valence-electron chi connectivity index (χ0n) is 16.4. The van der Waals surface area contributed by atoms with E-state index in [1.807, 2.05) is 0 Å². The molecule has 28 heavy (non-hydrogen) atoms. The highest BCUT2D eigenvalue weighted by molar-refractivity contribution is 6.75. The number of benzene rings is 4. The van der Waals surface area contributed by atoms with Gasteiger partial charge in [0.25, 0.3) is 0 Å². The molecule has 0 saturated heterocycles. The monoisotopic (exact) mass is 388 g/mol. The molecule has 0 aliphatic rings. The number of fused-ring (bicyclic) bond motifs is 2. The van der Waals surface area contributed by atoms with Gasteiger partial charge in [0, 0.05) is 26.5 Å². The van der Waals surface area contributed by atoms with Crippen molar-refractivity contribution in [3.8, 4) is 0 Å². The van der Waals surface area contributed by atoms with Crippen LogP contribution in [0.2, 0.25) is 0 Å². The van der Waals surface area contributed by atoms with Crippen LogP contribution in [0.1, 0.15) is 11.1 Å². The fourth-order valence-corrected chi connectivity index (χ4v) is 5.71. The lowest BCUT2D eigenvalue weighted by molar-refractivity contribution is 0.140. The minimum Gasteiger partial charge on any atom is -0.373 e. The van der Waals surface area contributed by atoms with Gasteiger partial charge in [0.05, 0.1) is 0 Å². The largest absolute Gasteiger partial charge is 0.536 e. The highest BCUT2D eigenvalue weighted by atomic mass is 28.4. The molecule has 4 aromatic carbocycles. The van der Waals surface area contributed by atoms with Crippen molar-refractivity contribution in [2.75, 3.05) is 21.3 Å². The van der Waals surface area contributed by atoms with Crippen molar-refractivity contribution >= 4 is 35.5 Å². The van der Waals surface area contributed by atoms with Crippen LogP contribution in [0.3, 0.4) is 0 Å². The van der Waals surface area contributed by atoms with Crippen molar-refractivity contribution in [2.45, 2.75) is 6.42 Å². The van der Waals surface area contributed by atoms with Crippen LogP contribution in [0.25, 0.3) is 21.5 Å². The van der Waals surface area contributed by atoms with E-state index in [1.54, 1.807) is 21.3 Å². The normalized spacial score (nSPS) is 12.0. The molecule has 0 aliphatic carbocycles. The third-order valence-electron chi connectivity index (χ3n) is 5.38. The fraction of sp³-hybridized carbons (Fsp3) is 0.167. The van der Waals surface area contributed by atoms with Crippen LogP contribution in [-0.4, -0.2) is 30.1 Å². The molecule has 0 aromatic heterocycles. The van der Waals surface area contributed by atoms with Gasteiger partial charge in [-0.3, -0.25) is 0 Å². The molecule has 0 unspecified atom stereocenters. The second kappa shape index (κ2) is 7.85. The molecular formula is C24H24O3Si. The van der Waals surface area contributed by atoms with Crippen molar-refractivity contribution in [3.63, 3.8) is 0 Å². The van der Waals surface area contributed by atoms with Gasteiger partial charge < -0.3 is 13.3 Å². The minimum absolute atomic E-state index is 0.865. The van der Waals surface area contributed by atoms with E-state index in [1.165, 1.54) is 32.7 Å². The third-order valence-corrected chi connectivity index (χ3v) is 8.03. The molecule has 0 heterocycles. The molecule has 0 radical (unpaired) electrons. The fourth-order valence-electron chi connectivity index (χ4n) is 3.93. The first kappa shape index (κ1) is 18.8. The number of hydrogen-bond donors (Lipinski definition) is 0. The van der Waals surface area contributed by atoms with Crippen LogP contribution < -0.4 is 5.19 Å². The number of hydrogen-bond acceptors (Lipinski definition) is 3. The van der Waals surface area contributed by atoms with Gasteiger partial charge in [0.2, 0.25) is 0 Å². The third kappa shape index (κ3) is 3.25. The molecule has 0 saturated carbocycles. The Hall–Kier alpha value is -2.50. The molecule has 4 heteroatoms. The van der Waals surface area contributed by atoms with E-state index in [9.17, 15) is 0 Å². The molecule has 0 atom stereocenters. The van der Waals surface area contributed by atoms with Gasteiger partial charge >= 0.3 is 8.80 Å². The Morgan fingerprint density at radius 3 is 1.64 bits per heavy atom. The van der Waals surface area contributed by atoms with Crippen LogP contribution in [0.4, 0.5) is 0 Å². The zero-order chi connectivity index (χ0) is 19.6. The first-order valence-electron chi connectivity index (χ1n) is 9.35. The average molecular weight is 389 g/mol. The van der Waals surface area contributed by atoms with Gasteiger partial charge in [0.15, 0.2) is 0 Å². The Balaban J connectivity index is 1.78. The van der Waals surface area contributed by atoms with Gasteiger partial charge in [-0.2, -0.15) is 0 Å². The highest BCUT2D eigenvalue weighted by Gasteiger charge is 2.40. The first-order valence-corrected chi connectivity index (χ1v) is 11.1. The van der Waals surface area contributed by atoms with E-state index >= 15 is 0 Å². The summed E-state index contributed by atoms with van der Waals surface area (Å²) in [4.78, 5) is 0. The van der Waals surface area contributed by atoms with Crippen LogP contribution in [0, 0.1) is 0 Å². The summed E-state index contributed by atoms with van der Waals surface area (Å²) in [6, 6.07) is 27.9. The zero-order valence-corrected chi connectivity index (χ0v) is 17.4. The van der Waals surface area contributed by atoms with E-state index in [4.69, 9.17) is 13.3 Å². The lowest BCUT2D eigenvalue weighted by Crippen LogP contribution is -2.54. The molecule has 0 N–H and O–H groups in total. The summed E-state index contributed by atoms with van der Waals surface area (Å²) in [5.74, 6) is 0. The van der Waals surface area contributed by atoms with Gasteiger partial charge in [-0.05, 0) is 45.2 Å². The van der Waals surface area contributed by atoms with E-state index < -0.39 is 8.80 Å². The van der Waals surface area contributed by atoms with E-state index in [2.05, 4.69) is 78.9 Å². The van der Waals surface area contributed by atoms with E-state index in [0.717, 1.165) is 11.6 Å². The quantitative estimate of drug-likeness (QED) is 0.355. The van der Waals surface area contributed by atoms with Crippen LogP contribution in [0.5, 0.6) is 0 Å². The highest BCUT2D eigenvalue weighted by Crippen LogP contribution is 2.30. The lowest BCUT2D eigenvalue weighted by atomic mass is 9.92. The summed E-state index contributed by atoms with van der Waals surface area (Å²) in [7, 11) is 2.11. The summed E-state index contributed by atoms with van der Waals surface area (Å²) >= 11 is 0. The molecule has 0 amide bonds. The molecule has 4 aromatic rings. The van der Waals surface area contributed by atoms with Gasteiger partial charge in [-0.25, -0.2) is 0 Å². The summed E-state index contributed by atoms with van der Waals surface area (Å²) in [5, 5.41) is 6.13. The van der Waals surface area contributed by atoms with Crippen molar-refractivity contribution < 1.29 is 13.3 Å². The van der Waals surface area contributed by atoms with Gasteiger partial charge in [-0.15, -0.1) is 0 Å². The predicted molar refractivity (Wildman–Crippen MR) is 117 cm³/mol. The van der Waals surface area contributed by atoms with Crippen molar-refractivity contribution in [1.29, 1.82) is 0 Å². The smallest absolute Gasteiger partial charge is 0.373 e. The number of rotatable bonds is 6. The Labute approximate surface area is 166 Å². The molecule has 4 rings (SSSR count). The second-order valence-corrected chi connectivity index (χ2v) is 9.75.